The van der Waals surface area contributed by atoms with Crippen LogP contribution in [-0.4, -0.2) is 36.8 Å². The number of hydrogen-bond acceptors (Lipinski definition) is 6. The summed E-state index contributed by atoms with van der Waals surface area (Å²) < 4.78 is 29.0. The first-order valence-electron chi connectivity index (χ1n) is 5.45. The van der Waals surface area contributed by atoms with Crippen LogP contribution in [0.4, 0.5) is 5.82 Å². The molecule has 0 aliphatic carbocycles. The van der Waals surface area contributed by atoms with Gasteiger partial charge in [-0.1, -0.05) is 0 Å². The van der Waals surface area contributed by atoms with Crippen LogP contribution in [0.3, 0.4) is 0 Å². The van der Waals surface area contributed by atoms with Crippen molar-refractivity contribution in [2.75, 3.05) is 13.7 Å². The molecule has 10 heteroatoms. The van der Waals surface area contributed by atoms with E-state index in [0.29, 0.717) is 13.0 Å². The zero-order valence-electron chi connectivity index (χ0n) is 10.9. The Morgan fingerprint density at radius 3 is 2.53 bits per heavy atom. The molecule has 0 spiro atoms. The van der Waals surface area contributed by atoms with E-state index >= 15 is 0 Å². The van der Waals surface area contributed by atoms with E-state index < -0.39 is 25.7 Å². The highest BCUT2D eigenvalue weighted by Crippen LogP contribution is 2.28. The average Bonchev–Trinajstić information content (AvgIpc) is 2.63. The zero-order chi connectivity index (χ0) is 14.8. The van der Waals surface area contributed by atoms with Gasteiger partial charge < -0.3 is 14.9 Å². The fourth-order valence-electron chi connectivity index (χ4n) is 1.78. The van der Waals surface area contributed by atoms with Gasteiger partial charge in [0.1, 0.15) is 0 Å². The van der Waals surface area contributed by atoms with Crippen molar-refractivity contribution < 1.29 is 18.1 Å². The highest BCUT2D eigenvalue weighted by atomic mass is 32.2. The number of rotatable bonds is 6. The van der Waals surface area contributed by atoms with Gasteiger partial charge in [-0.2, -0.15) is 4.68 Å². The summed E-state index contributed by atoms with van der Waals surface area (Å²) in [6.45, 7) is 3.62. The number of nitrogens with two attached hydrogens (primary N) is 1. The lowest BCUT2D eigenvalue weighted by Crippen LogP contribution is -2.15. The second-order valence-corrected chi connectivity index (χ2v) is 5.61. The molecule has 1 heterocycles. The monoisotopic (exact) mass is 292 g/mol. The lowest BCUT2D eigenvalue weighted by molar-refractivity contribution is -0.392. The van der Waals surface area contributed by atoms with Gasteiger partial charge in [0, 0.05) is 13.7 Å². The SMILES string of the molecule is COCCC(C)n1nc([N+](=O)[O-])c(S(N)(=O)=O)c1C. The first-order valence-corrected chi connectivity index (χ1v) is 7.00. The fourth-order valence-corrected chi connectivity index (χ4v) is 2.66. The number of aromatic nitrogens is 2. The normalized spacial score (nSPS) is 13.5. The van der Waals surface area contributed by atoms with E-state index in [2.05, 4.69) is 5.10 Å². The number of hydrogen-bond donors (Lipinski definition) is 1. The number of nitrogens with zero attached hydrogens (tertiary/aromatic N) is 3. The summed E-state index contributed by atoms with van der Waals surface area (Å²) in [6, 6.07) is -0.242. The molecule has 2 N–H and O–H groups in total. The van der Waals surface area contributed by atoms with Gasteiger partial charge in [-0.05, 0) is 25.2 Å². The van der Waals surface area contributed by atoms with Gasteiger partial charge in [-0.3, -0.25) is 0 Å². The Balaban J connectivity index is 3.34. The van der Waals surface area contributed by atoms with Gasteiger partial charge >= 0.3 is 5.82 Å². The third-order valence-electron chi connectivity index (χ3n) is 2.69. The molecule has 0 amide bonds. The highest BCUT2D eigenvalue weighted by Gasteiger charge is 2.34. The molecule has 0 fully saturated rings. The predicted octanol–water partition coefficient (Wildman–Crippen LogP) is 0.345. The molecule has 0 saturated heterocycles. The molecule has 1 aromatic rings. The van der Waals surface area contributed by atoms with Gasteiger partial charge in [-0.25, -0.2) is 13.6 Å². The molecule has 1 atom stereocenters. The Kier molecular flexibility index (Phi) is 4.61. The summed E-state index contributed by atoms with van der Waals surface area (Å²) in [6.07, 6.45) is 0.542. The molecule has 19 heavy (non-hydrogen) atoms. The van der Waals surface area contributed by atoms with Crippen LogP contribution >= 0.6 is 0 Å². The topological polar surface area (TPSA) is 130 Å². The molecule has 0 radical (unpaired) electrons. The van der Waals surface area contributed by atoms with Crippen LogP contribution in [0, 0.1) is 17.0 Å². The van der Waals surface area contributed by atoms with Crippen LogP contribution < -0.4 is 5.14 Å². The maximum atomic E-state index is 11.4. The molecule has 0 aliphatic rings. The van der Waals surface area contributed by atoms with Gasteiger partial charge in [0.25, 0.3) is 0 Å². The first-order chi connectivity index (χ1) is 8.70. The molecule has 108 valence electrons. The maximum absolute atomic E-state index is 11.4. The van der Waals surface area contributed by atoms with Crippen molar-refractivity contribution in [3.05, 3.63) is 15.8 Å². The molecule has 9 nitrogen and oxygen atoms in total. The standard InChI is InChI=1S/C9H16N4O5S/c1-6(4-5-18-3)12-7(2)8(19(10,16)17)9(11-12)13(14)15/h6H,4-5H2,1-3H3,(H2,10,16,17). The molecular formula is C9H16N4O5S. The minimum Gasteiger partial charge on any atom is -0.385 e. The molecule has 1 aromatic heterocycles. The Morgan fingerprint density at radius 1 is 1.58 bits per heavy atom. The predicted molar refractivity (Wildman–Crippen MR) is 66.2 cm³/mol. The molecule has 1 rings (SSSR count). The van der Waals surface area contributed by atoms with Crippen molar-refractivity contribution in [2.45, 2.75) is 31.2 Å². The Bertz CT molecular complexity index is 580. The van der Waals surface area contributed by atoms with Crippen molar-refractivity contribution in [1.82, 2.24) is 9.78 Å². The van der Waals surface area contributed by atoms with Crippen molar-refractivity contribution in [1.29, 1.82) is 0 Å². The second-order valence-electron chi connectivity index (χ2n) is 4.12. The number of sulfonamides is 1. The number of ether oxygens (including phenoxy) is 1. The Morgan fingerprint density at radius 2 is 2.16 bits per heavy atom. The molecule has 0 saturated carbocycles. The summed E-state index contributed by atoms with van der Waals surface area (Å²) >= 11 is 0. The summed E-state index contributed by atoms with van der Waals surface area (Å²) in [4.78, 5) is 9.46. The second kappa shape index (κ2) is 5.63. The summed E-state index contributed by atoms with van der Waals surface area (Å²) in [5.41, 5.74) is 0.151. The van der Waals surface area contributed by atoms with E-state index in [9.17, 15) is 18.5 Å². The molecule has 0 aliphatic heterocycles. The van der Waals surface area contributed by atoms with E-state index in [1.54, 1.807) is 6.92 Å². The van der Waals surface area contributed by atoms with Gasteiger partial charge in [0.2, 0.25) is 14.9 Å². The fraction of sp³-hybridized carbons (Fsp3) is 0.667. The average molecular weight is 292 g/mol. The van der Waals surface area contributed by atoms with E-state index in [1.165, 1.54) is 18.7 Å². The van der Waals surface area contributed by atoms with Gasteiger partial charge in [0.05, 0.1) is 16.8 Å². The minimum atomic E-state index is -4.20. The van der Waals surface area contributed by atoms with Crippen molar-refractivity contribution in [3.63, 3.8) is 0 Å². The highest BCUT2D eigenvalue weighted by molar-refractivity contribution is 7.89. The van der Waals surface area contributed by atoms with E-state index in [-0.39, 0.29) is 11.7 Å². The van der Waals surface area contributed by atoms with E-state index in [1.807, 2.05) is 0 Å². The number of primary sulfonamides is 1. The van der Waals surface area contributed by atoms with Crippen LogP contribution in [0.1, 0.15) is 25.1 Å². The molecular weight excluding hydrogens is 276 g/mol. The third-order valence-corrected chi connectivity index (χ3v) is 3.74. The third kappa shape index (κ3) is 3.28. The van der Waals surface area contributed by atoms with Gasteiger partial charge in [-0.15, -0.1) is 0 Å². The summed E-state index contributed by atoms with van der Waals surface area (Å²) in [7, 11) is -2.67. The van der Waals surface area contributed by atoms with Crippen LogP contribution in [0.2, 0.25) is 0 Å². The van der Waals surface area contributed by atoms with Crippen molar-refractivity contribution in [2.24, 2.45) is 5.14 Å². The van der Waals surface area contributed by atoms with Crippen LogP contribution in [0.15, 0.2) is 4.90 Å². The van der Waals surface area contributed by atoms with Gasteiger partial charge in [0.15, 0.2) is 0 Å². The Hall–Kier alpha value is -1.52. The molecule has 0 bridgehead atoms. The smallest absolute Gasteiger partial charge is 0.385 e. The summed E-state index contributed by atoms with van der Waals surface area (Å²) in [5.74, 6) is -0.746. The first kappa shape index (κ1) is 15.5. The largest absolute Gasteiger partial charge is 0.410 e. The lowest BCUT2D eigenvalue weighted by atomic mass is 10.2. The van der Waals surface area contributed by atoms with Crippen molar-refractivity contribution >= 4 is 15.8 Å². The van der Waals surface area contributed by atoms with E-state index in [0.717, 1.165) is 0 Å². The van der Waals surface area contributed by atoms with E-state index in [4.69, 9.17) is 9.88 Å². The quantitative estimate of drug-likeness (QED) is 0.594. The van der Waals surface area contributed by atoms with Crippen molar-refractivity contribution in [3.8, 4) is 0 Å². The van der Waals surface area contributed by atoms with Crippen LogP contribution in [0.5, 0.6) is 0 Å². The maximum Gasteiger partial charge on any atom is 0.410 e. The zero-order valence-corrected chi connectivity index (χ0v) is 11.7. The molecule has 0 aromatic carbocycles. The number of nitro groups is 1. The van der Waals surface area contributed by atoms with Crippen LogP contribution in [0.25, 0.3) is 0 Å². The molecule has 1 unspecified atom stereocenters. The number of methoxy groups -OCH3 is 1. The minimum absolute atomic E-state index is 0.151. The Labute approximate surface area is 110 Å². The van der Waals surface area contributed by atoms with Crippen LogP contribution in [-0.2, 0) is 14.8 Å². The lowest BCUT2D eigenvalue weighted by Gasteiger charge is -2.09. The summed E-state index contributed by atoms with van der Waals surface area (Å²) in [5, 5.41) is 19.6.